The van der Waals surface area contributed by atoms with E-state index in [0.29, 0.717) is 25.5 Å². The Balaban J connectivity index is 1.98. The van der Waals surface area contributed by atoms with E-state index in [4.69, 9.17) is 9.15 Å². The van der Waals surface area contributed by atoms with E-state index >= 15 is 0 Å². The summed E-state index contributed by atoms with van der Waals surface area (Å²) in [7, 11) is 0. The van der Waals surface area contributed by atoms with Crippen LogP contribution in [-0.4, -0.2) is 60.8 Å². The van der Waals surface area contributed by atoms with E-state index in [2.05, 4.69) is 0 Å². The lowest BCUT2D eigenvalue weighted by atomic mass is 10.3. The van der Waals surface area contributed by atoms with Gasteiger partial charge in [0, 0.05) is 13.1 Å². The molecule has 1 aromatic rings. The summed E-state index contributed by atoms with van der Waals surface area (Å²) in [5, 5.41) is 0. The van der Waals surface area contributed by atoms with Crippen molar-refractivity contribution in [3.8, 4) is 0 Å². The molecule has 1 unspecified atom stereocenters. The molecule has 1 saturated heterocycles. The van der Waals surface area contributed by atoms with E-state index < -0.39 is 18.6 Å². The number of carbonyl (C=O) groups is 1. The van der Waals surface area contributed by atoms with Crippen molar-refractivity contribution >= 4 is 5.91 Å². The number of nitrogens with zero attached hydrogens (tertiary/aromatic N) is 2. The van der Waals surface area contributed by atoms with E-state index in [1.165, 1.54) is 6.26 Å². The van der Waals surface area contributed by atoms with Crippen molar-refractivity contribution in [2.45, 2.75) is 25.7 Å². The van der Waals surface area contributed by atoms with Crippen LogP contribution in [0.4, 0.5) is 13.2 Å². The maximum Gasteiger partial charge on any atom is 0.406 e. The molecule has 2 heterocycles. The predicted octanol–water partition coefficient (Wildman–Crippen LogP) is 1.89. The molecule has 1 aliphatic heterocycles. The topological polar surface area (TPSA) is 45.9 Å². The molecule has 5 nitrogen and oxygen atoms in total. The van der Waals surface area contributed by atoms with E-state index in [9.17, 15) is 18.0 Å². The number of ether oxygens (including phenoxy) is 1. The van der Waals surface area contributed by atoms with Gasteiger partial charge < -0.3 is 14.1 Å². The Kier molecular flexibility index (Phi) is 5.47. The number of halogens is 3. The van der Waals surface area contributed by atoms with Crippen molar-refractivity contribution in [3.63, 3.8) is 0 Å². The highest BCUT2D eigenvalue weighted by Crippen LogP contribution is 2.19. The number of hydrogen-bond acceptors (Lipinski definition) is 4. The third kappa shape index (κ3) is 5.34. The Morgan fingerprint density at radius 2 is 2.27 bits per heavy atom. The number of furan rings is 1. The van der Waals surface area contributed by atoms with Crippen LogP contribution in [0, 0.1) is 0 Å². The zero-order chi connectivity index (χ0) is 16.2. The van der Waals surface area contributed by atoms with Crippen LogP contribution in [-0.2, 0) is 16.1 Å². The van der Waals surface area contributed by atoms with Crippen molar-refractivity contribution in [2.24, 2.45) is 0 Å². The Bertz CT molecular complexity index is 476. The summed E-state index contributed by atoms with van der Waals surface area (Å²) in [5.41, 5.74) is 0. The van der Waals surface area contributed by atoms with Crippen LogP contribution in [0.15, 0.2) is 22.8 Å². The molecule has 2 rings (SSSR count). The van der Waals surface area contributed by atoms with Crippen LogP contribution >= 0.6 is 0 Å². The van der Waals surface area contributed by atoms with Crippen LogP contribution in [0.2, 0.25) is 0 Å². The second-order valence-electron chi connectivity index (χ2n) is 5.36. The first-order chi connectivity index (χ1) is 10.3. The molecule has 8 heteroatoms. The third-order valence-electron chi connectivity index (χ3n) is 3.33. The molecular weight excluding hydrogens is 301 g/mol. The molecule has 1 aromatic heterocycles. The fraction of sp³-hybridized carbons (Fsp3) is 0.643. The first kappa shape index (κ1) is 16.8. The maximum absolute atomic E-state index is 12.7. The summed E-state index contributed by atoms with van der Waals surface area (Å²) in [4.78, 5) is 14.8. The number of morpholine rings is 1. The van der Waals surface area contributed by atoms with Crippen molar-refractivity contribution in [3.05, 3.63) is 24.2 Å². The summed E-state index contributed by atoms with van der Waals surface area (Å²) >= 11 is 0. The van der Waals surface area contributed by atoms with E-state index in [1.54, 1.807) is 12.1 Å². The molecule has 1 fully saturated rings. The van der Waals surface area contributed by atoms with Crippen molar-refractivity contribution in [1.82, 2.24) is 9.80 Å². The predicted molar refractivity (Wildman–Crippen MR) is 72.0 cm³/mol. The number of carbonyl (C=O) groups excluding carboxylic acids is 1. The van der Waals surface area contributed by atoms with Gasteiger partial charge in [-0.3, -0.25) is 9.69 Å². The van der Waals surface area contributed by atoms with E-state index in [0.717, 1.165) is 4.90 Å². The van der Waals surface area contributed by atoms with Gasteiger partial charge in [0.25, 0.3) is 0 Å². The highest BCUT2D eigenvalue weighted by Gasteiger charge is 2.34. The first-order valence-corrected chi connectivity index (χ1v) is 7.04. The Morgan fingerprint density at radius 3 is 2.86 bits per heavy atom. The van der Waals surface area contributed by atoms with Gasteiger partial charge in [-0.1, -0.05) is 0 Å². The number of alkyl halides is 3. The van der Waals surface area contributed by atoms with Crippen molar-refractivity contribution in [1.29, 1.82) is 0 Å². The fourth-order valence-electron chi connectivity index (χ4n) is 2.36. The van der Waals surface area contributed by atoms with Crippen LogP contribution in [0.1, 0.15) is 12.7 Å². The monoisotopic (exact) mass is 320 g/mol. The van der Waals surface area contributed by atoms with Gasteiger partial charge in [-0.25, -0.2) is 0 Å². The third-order valence-corrected chi connectivity index (χ3v) is 3.33. The Labute approximate surface area is 126 Å². The average molecular weight is 320 g/mol. The second kappa shape index (κ2) is 7.15. The molecule has 22 heavy (non-hydrogen) atoms. The number of hydrogen-bond donors (Lipinski definition) is 0. The van der Waals surface area contributed by atoms with Gasteiger partial charge in [-0.15, -0.1) is 0 Å². The molecule has 124 valence electrons. The molecule has 0 bridgehead atoms. The largest absolute Gasteiger partial charge is 0.467 e. The van der Waals surface area contributed by atoms with Gasteiger partial charge in [0.15, 0.2) is 0 Å². The summed E-state index contributed by atoms with van der Waals surface area (Å²) in [6, 6.07) is 3.13. The van der Waals surface area contributed by atoms with Gasteiger partial charge >= 0.3 is 6.18 Å². The van der Waals surface area contributed by atoms with Gasteiger partial charge in [-0.2, -0.15) is 13.2 Å². The summed E-state index contributed by atoms with van der Waals surface area (Å²) in [6.45, 7) is 1.89. The highest BCUT2D eigenvalue weighted by atomic mass is 19.4. The Morgan fingerprint density at radius 1 is 1.50 bits per heavy atom. The molecular formula is C14H19F3N2O3. The van der Waals surface area contributed by atoms with Crippen LogP contribution in [0.25, 0.3) is 0 Å². The number of amides is 1. The minimum atomic E-state index is -4.44. The fourth-order valence-corrected chi connectivity index (χ4v) is 2.36. The molecule has 1 amide bonds. The Hall–Kier alpha value is -1.54. The molecule has 1 atom stereocenters. The molecule has 1 aliphatic rings. The van der Waals surface area contributed by atoms with Crippen LogP contribution in [0.3, 0.4) is 0 Å². The molecule has 0 spiro atoms. The first-order valence-electron chi connectivity index (χ1n) is 7.04. The highest BCUT2D eigenvalue weighted by molar-refractivity contribution is 5.78. The molecule has 0 N–H and O–H groups in total. The lowest BCUT2D eigenvalue weighted by Gasteiger charge is -2.32. The quantitative estimate of drug-likeness (QED) is 0.831. The molecule has 0 aliphatic carbocycles. The lowest BCUT2D eigenvalue weighted by molar-refractivity contribution is -0.164. The average Bonchev–Trinajstić information content (AvgIpc) is 2.89. The van der Waals surface area contributed by atoms with E-state index in [1.807, 2.05) is 11.8 Å². The normalized spacial score (nSPS) is 20.1. The maximum atomic E-state index is 12.7. The molecule has 0 saturated carbocycles. The van der Waals surface area contributed by atoms with Gasteiger partial charge in [0.05, 0.1) is 32.1 Å². The lowest BCUT2D eigenvalue weighted by Crippen LogP contribution is -2.48. The molecule has 0 radical (unpaired) electrons. The van der Waals surface area contributed by atoms with E-state index in [-0.39, 0.29) is 19.2 Å². The minimum absolute atomic E-state index is 0.0253. The smallest absolute Gasteiger partial charge is 0.406 e. The summed E-state index contributed by atoms with van der Waals surface area (Å²) < 4.78 is 48.4. The minimum Gasteiger partial charge on any atom is -0.467 e. The molecule has 0 aromatic carbocycles. The standard InChI is InChI=1S/C14H19F3N2O3/c1-11-7-18(4-6-21-11)9-13(20)19(10-14(15,16)17)8-12-3-2-5-22-12/h2-3,5,11H,4,6-10H2,1H3. The SMILES string of the molecule is CC1CN(CC(=O)N(Cc2ccco2)CC(F)(F)F)CCO1. The zero-order valence-electron chi connectivity index (χ0n) is 12.3. The van der Waals surface area contributed by atoms with Crippen LogP contribution in [0.5, 0.6) is 0 Å². The van der Waals surface area contributed by atoms with Crippen LogP contribution < -0.4 is 0 Å². The van der Waals surface area contributed by atoms with Gasteiger partial charge in [-0.05, 0) is 19.1 Å². The summed E-state index contributed by atoms with van der Waals surface area (Å²) in [6.07, 6.45) is -3.10. The zero-order valence-corrected chi connectivity index (χ0v) is 12.3. The van der Waals surface area contributed by atoms with Crippen molar-refractivity contribution in [2.75, 3.05) is 32.8 Å². The van der Waals surface area contributed by atoms with Gasteiger partial charge in [0.1, 0.15) is 12.3 Å². The number of rotatable bonds is 5. The second-order valence-corrected chi connectivity index (χ2v) is 5.36. The summed E-state index contributed by atoms with van der Waals surface area (Å²) in [5.74, 6) is -0.240. The van der Waals surface area contributed by atoms with Crippen molar-refractivity contribution < 1.29 is 27.1 Å². The van der Waals surface area contributed by atoms with Gasteiger partial charge in [0.2, 0.25) is 5.91 Å².